The number of hydrogen-bond donors (Lipinski definition) is 2. The molecule has 0 spiro atoms. The standard InChI is InChI=1S/C17H17N5O2/c1-21-15(13(9-18)16(23)22(2)17(21)24)19-8-7-11-10-20-14-6-4-3-5-12(11)14/h3-6,10,19-20H,7-8H2,1-2H3. The summed E-state index contributed by atoms with van der Waals surface area (Å²) in [6, 6.07) is 9.87. The zero-order chi connectivity index (χ0) is 17.3. The molecule has 0 aliphatic rings. The van der Waals surface area contributed by atoms with Gasteiger partial charge in [0.2, 0.25) is 0 Å². The fourth-order valence-corrected chi connectivity index (χ4v) is 2.81. The van der Waals surface area contributed by atoms with Gasteiger partial charge in [-0.3, -0.25) is 13.9 Å². The molecule has 0 saturated carbocycles. The van der Waals surface area contributed by atoms with Gasteiger partial charge in [-0.15, -0.1) is 0 Å². The van der Waals surface area contributed by atoms with Crippen LogP contribution in [-0.4, -0.2) is 20.7 Å². The maximum absolute atomic E-state index is 12.0. The summed E-state index contributed by atoms with van der Waals surface area (Å²) in [5.41, 5.74) is 1.08. The van der Waals surface area contributed by atoms with Crippen molar-refractivity contribution in [1.82, 2.24) is 14.1 Å². The zero-order valence-corrected chi connectivity index (χ0v) is 13.5. The molecule has 0 unspecified atom stereocenters. The van der Waals surface area contributed by atoms with Crippen molar-refractivity contribution in [3.05, 3.63) is 62.4 Å². The summed E-state index contributed by atoms with van der Waals surface area (Å²) in [6.07, 6.45) is 2.64. The lowest BCUT2D eigenvalue weighted by Gasteiger charge is -2.13. The Bertz CT molecular complexity index is 1070. The van der Waals surface area contributed by atoms with E-state index >= 15 is 0 Å². The molecule has 0 aliphatic heterocycles. The third-order valence-corrected chi connectivity index (χ3v) is 4.14. The summed E-state index contributed by atoms with van der Waals surface area (Å²) in [7, 11) is 2.90. The highest BCUT2D eigenvalue weighted by atomic mass is 16.2. The van der Waals surface area contributed by atoms with Crippen LogP contribution in [0, 0.1) is 11.3 Å². The van der Waals surface area contributed by atoms with Crippen LogP contribution < -0.4 is 16.6 Å². The summed E-state index contributed by atoms with van der Waals surface area (Å²) in [4.78, 5) is 27.3. The first-order valence-corrected chi connectivity index (χ1v) is 7.53. The van der Waals surface area contributed by atoms with Gasteiger partial charge >= 0.3 is 5.69 Å². The Morgan fingerprint density at radius 3 is 2.71 bits per heavy atom. The quantitative estimate of drug-likeness (QED) is 0.751. The van der Waals surface area contributed by atoms with Gasteiger partial charge in [0, 0.05) is 37.7 Å². The van der Waals surface area contributed by atoms with Gasteiger partial charge in [-0.2, -0.15) is 5.26 Å². The number of para-hydroxylation sites is 1. The first-order chi connectivity index (χ1) is 11.5. The van der Waals surface area contributed by atoms with Crippen LogP contribution in [0.5, 0.6) is 0 Å². The SMILES string of the molecule is Cn1c(NCCc2c[nH]c3ccccc23)c(C#N)c(=O)n(C)c1=O. The Kier molecular flexibility index (Phi) is 3.96. The summed E-state index contributed by atoms with van der Waals surface area (Å²) >= 11 is 0. The molecule has 0 bridgehead atoms. The highest BCUT2D eigenvalue weighted by Crippen LogP contribution is 2.18. The lowest BCUT2D eigenvalue weighted by molar-refractivity contribution is 0.685. The van der Waals surface area contributed by atoms with Crippen LogP contribution in [0.3, 0.4) is 0 Å². The van der Waals surface area contributed by atoms with E-state index in [1.807, 2.05) is 36.5 Å². The van der Waals surface area contributed by atoms with Crippen LogP contribution in [0.15, 0.2) is 40.1 Å². The van der Waals surface area contributed by atoms with Crippen molar-refractivity contribution in [2.45, 2.75) is 6.42 Å². The number of nitriles is 1. The number of nitrogens with zero attached hydrogens (tertiary/aromatic N) is 3. The number of H-pyrrole nitrogens is 1. The van der Waals surface area contributed by atoms with Crippen molar-refractivity contribution in [2.24, 2.45) is 14.1 Å². The number of aromatic amines is 1. The number of fused-ring (bicyclic) bond motifs is 1. The van der Waals surface area contributed by atoms with E-state index < -0.39 is 11.2 Å². The van der Waals surface area contributed by atoms with Gasteiger partial charge in [-0.1, -0.05) is 18.2 Å². The van der Waals surface area contributed by atoms with Crippen molar-refractivity contribution in [3.8, 4) is 6.07 Å². The molecular formula is C17H17N5O2. The van der Waals surface area contributed by atoms with Gasteiger partial charge in [-0.05, 0) is 18.1 Å². The van der Waals surface area contributed by atoms with Gasteiger partial charge in [0.05, 0.1) is 0 Å². The van der Waals surface area contributed by atoms with Crippen molar-refractivity contribution in [1.29, 1.82) is 5.26 Å². The summed E-state index contributed by atoms with van der Waals surface area (Å²) in [6.45, 7) is 0.497. The Morgan fingerprint density at radius 1 is 1.21 bits per heavy atom. The molecule has 0 atom stereocenters. The predicted molar refractivity (Wildman–Crippen MR) is 92.1 cm³/mol. The van der Waals surface area contributed by atoms with Crippen LogP contribution in [-0.2, 0) is 20.5 Å². The maximum atomic E-state index is 12.0. The maximum Gasteiger partial charge on any atom is 0.332 e. The molecule has 2 N–H and O–H groups in total. The van der Waals surface area contributed by atoms with Crippen LogP contribution in [0.2, 0.25) is 0 Å². The largest absolute Gasteiger partial charge is 0.370 e. The molecule has 0 radical (unpaired) electrons. The van der Waals surface area contributed by atoms with E-state index in [2.05, 4.69) is 10.3 Å². The highest BCUT2D eigenvalue weighted by molar-refractivity contribution is 5.83. The first kappa shape index (κ1) is 15.6. The Hall–Kier alpha value is -3.27. The van der Waals surface area contributed by atoms with Crippen molar-refractivity contribution in [2.75, 3.05) is 11.9 Å². The van der Waals surface area contributed by atoms with Gasteiger partial charge in [-0.25, -0.2) is 4.79 Å². The minimum atomic E-state index is -0.588. The fourth-order valence-electron chi connectivity index (χ4n) is 2.81. The predicted octanol–water partition coefficient (Wildman–Crippen LogP) is 1.09. The minimum Gasteiger partial charge on any atom is -0.370 e. The lowest BCUT2D eigenvalue weighted by Crippen LogP contribution is -2.40. The molecule has 3 aromatic rings. The zero-order valence-electron chi connectivity index (χ0n) is 13.5. The summed E-state index contributed by atoms with van der Waals surface area (Å²) in [5.74, 6) is 0.255. The Balaban J connectivity index is 1.87. The molecule has 122 valence electrons. The van der Waals surface area contributed by atoms with Gasteiger partial charge in [0.25, 0.3) is 5.56 Å². The second kappa shape index (κ2) is 6.08. The molecule has 0 fully saturated rings. The molecule has 7 heteroatoms. The molecule has 2 aromatic heterocycles. The summed E-state index contributed by atoms with van der Waals surface area (Å²) < 4.78 is 2.22. The molecule has 0 aliphatic carbocycles. The molecule has 2 heterocycles. The van der Waals surface area contributed by atoms with Crippen molar-refractivity contribution in [3.63, 3.8) is 0 Å². The van der Waals surface area contributed by atoms with Crippen molar-refractivity contribution < 1.29 is 0 Å². The van der Waals surface area contributed by atoms with E-state index in [1.54, 1.807) is 0 Å². The molecule has 3 rings (SSSR count). The second-order valence-electron chi connectivity index (χ2n) is 5.58. The van der Waals surface area contributed by atoms with Gasteiger partial charge < -0.3 is 10.3 Å². The van der Waals surface area contributed by atoms with E-state index in [1.165, 1.54) is 18.7 Å². The minimum absolute atomic E-state index is 0.0569. The van der Waals surface area contributed by atoms with Gasteiger partial charge in [0.1, 0.15) is 11.9 Å². The number of aromatic nitrogens is 3. The van der Waals surface area contributed by atoms with E-state index in [-0.39, 0.29) is 11.4 Å². The normalized spacial score (nSPS) is 10.7. The number of anilines is 1. The molecule has 1 aromatic carbocycles. The fraction of sp³-hybridized carbons (Fsp3) is 0.235. The van der Waals surface area contributed by atoms with E-state index in [9.17, 15) is 14.9 Å². The smallest absolute Gasteiger partial charge is 0.332 e. The summed E-state index contributed by atoms with van der Waals surface area (Å²) in [5, 5.41) is 13.4. The highest BCUT2D eigenvalue weighted by Gasteiger charge is 2.15. The first-order valence-electron chi connectivity index (χ1n) is 7.53. The third-order valence-electron chi connectivity index (χ3n) is 4.14. The van der Waals surface area contributed by atoms with E-state index in [4.69, 9.17) is 0 Å². The monoisotopic (exact) mass is 323 g/mol. The molecule has 24 heavy (non-hydrogen) atoms. The van der Waals surface area contributed by atoms with Crippen molar-refractivity contribution >= 4 is 16.7 Å². The van der Waals surface area contributed by atoms with E-state index in [0.717, 1.165) is 21.0 Å². The Labute approximate surface area is 137 Å². The number of hydrogen-bond acceptors (Lipinski definition) is 4. The van der Waals surface area contributed by atoms with Crippen LogP contribution in [0.25, 0.3) is 10.9 Å². The lowest BCUT2D eigenvalue weighted by atomic mass is 10.1. The topological polar surface area (TPSA) is 95.6 Å². The van der Waals surface area contributed by atoms with E-state index in [0.29, 0.717) is 13.0 Å². The molecule has 0 saturated heterocycles. The van der Waals surface area contributed by atoms with Crippen LogP contribution >= 0.6 is 0 Å². The van der Waals surface area contributed by atoms with Gasteiger partial charge in [0.15, 0.2) is 5.56 Å². The number of rotatable bonds is 4. The number of nitrogens with one attached hydrogen (secondary N) is 2. The van der Waals surface area contributed by atoms with Crippen LogP contribution in [0.4, 0.5) is 5.82 Å². The molecule has 7 nitrogen and oxygen atoms in total. The average Bonchev–Trinajstić information content (AvgIpc) is 3.01. The third kappa shape index (κ3) is 2.48. The second-order valence-corrected chi connectivity index (χ2v) is 5.58. The molecule has 0 amide bonds. The number of benzene rings is 1. The average molecular weight is 323 g/mol. The Morgan fingerprint density at radius 2 is 1.96 bits per heavy atom. The molecular weight excluding hydrogens is 306 g/mol. The van der Waals surface area contributed by atoms with Crippen LogP contribution in [0.1, 0.15) is 11.1 Å².